The summed E-state index contributed by atoms with van der Waals surface area (Å²) in [6.07, 6.45) is 3.75. The van der Waals surface area contributed by atoms with Gasteiger partial charge in [-0.1, -0.05) is 59.6 Å². The molecule has 5 rings (SSSR count). The molecule has 2 amide bonds. The molecular weight excluding hydrogens is 613 g/mol. The number of nitrogens with zero attached hydrogens (tertiary/aromatic N) is 1. The number of methoxy groups -OCH3 is 3. The lowest BCUT2D eigenvalue weighted by Gasteiger charge is -2.37. The van der Waals surface area contributed by atoms with Crippen LogP contribution in [0, 0.1) is 0 Å². The van der Waals surface area contributed by atoms with Crippen molar-refractivity contribution in [1.29, 1.82) is 0 Å². The fraction of sp³-hybridized carbons (Fsp3) is 0.429. The molecule has 0 aromatic heterocycles. The number of benzene rings is 3. The second-order valence-corrected chi connectivity index (χ2v) is 12.7. The first-order chi connectivity index (χ1) is 21.8. The number of piperidine rings is 1. The third-order valence-corrected chi connectivity index (χ3v) is 10.2. The smallest absolute Gasteiger partial charge is 0.254 e. The van der Waals surface area contributed by atoms with Crippen LogP contribution in [-0.2, 0) is 15.6 Å². The highest BCUT2D eigenvalue weighted by molar-refractivity contribution is 6.42. The molecule has 3 aromatic rings. The SMILES string of the molecule is COc1cc(C(=O)N2CCC(CCCNC(=O)C3(c4ccccc4)CCNCC3)(c3ccc(Cl)c(Cl)c3)C2)cc(OC)c1OC. The van der Waals surface area contributed by atoms with Gasteiger partial charge in [0.15, 0.2) is 11.5 Å². The topological polar surface area (TPSA) is 89.1 Å². The van der Waals surface area contributed by atoms with Crippen molar-refractivity contribution in [2.75, 3.05) is 54.1 Å². The van der Waals surface area contributed by atoms with Crippen LogP contribution in [0.25, 0.3) is 0 Å². The Morgan fingerprint density at radius 3 is 2.18 bits per heavy atom. The van der Waals surface area contributed by atoms with E-state index in [0.29, 0.717) is 52.5 Å². The highest BCUT2D eigenvalue weighted by Gasteiger charge is 2.43. The van der Waals surface area contributed by atoms with E-state index in [0.717, 1.165) is 56.3 Å². The minimum absolute atomic E-state index is 0.0735. The van der Waals surface area contributed by atoms with Gasteiger partial charge in [0.05, 0.1) is 36.8 Å². The Morgan fingerprint density at radius 1 is 0.867 bits per heavy atom. The number of hydrogen-bond acceptors (Lipinski definition) is 6. The third kappa shape index (κ3) is 6.74. The van der Waals surface area contributed by atoms with Crippen molar-refractivity contribution >= 4 is 35.0 Å². The lowest BCUT2D eigenvalue weighted by molar-refractivity contribution is -0.127. The zero-order valence-electron chi connectivity index (χ0n) is 26.1. The van der Waals surface area contributed by atoms with Gasteiger partial charge in [0.1, 0.15) is 0 Å². The fourth-order valence-electron chi connectivity index (χ4n) is 6.90. The summed E-state index contributed by atoms with van der Waals surface area (Å²) in [4.78, 5) is 29.5. The largest absolute Gasteiger partial charge is 0.493 e. The molecule has 2 aliphatic heterocycles. The summed E-state index contributed by atoms with van der Waals surface area (Å²) in [5, 5.41) is 7.62. The van der Waals surface area contributed by atoms with Gasteiger partial charge in [0.25, 0.3) is 5.91 Å². The van der Waals surface area contributed by atoms with Crippen LogP contribution >= 0.6 is 23.2 Å². The van der Waals surface area contributed by atoms with Crippen molar-refractivity contribution in [3.8, 4) is 17.2 Å². The van der Waals surface area contributed by atoms with E-state index in [2.05, 4.69) is 22.8 Å². The summed E-state index contributed by atoms with van der Waals surface area (Å²) in [6, 6.07) is 19.2. The Hall–Kier alpha value is -3.46. The van der Waals surface area contributed by atoms with Gasteiger partial charge in [0, 0.05) is 30.6 Å². The number of carbonyl (C=O) groups is 2. The highest BCUT2D eigenvalue weighted by atomic mass is 35.5. The van der Waals surface area contributed by atoms with E-state index in [4.69, 9.17) is 37.4 Å². The Bertz CT molecular complexity index is 1490. The number of carbonyl (C=O) groups excluding carboxylic acids is 2. The second kappa shape index (κ2) is 14.3. The van der Waals surface area contributed by atoms with Gasteiger partial charge in [-0.2, -0.15) is 0 Å². The third-order valence-electron chi connectivity index (χ3n) is 9.42. The molecule has 0 spiro atoms. The normalized spacial score (nSPS) is 19.2. The Morgan fingerprint density at radius 2 is 1.56 bits per heavy atom. The van der Waals surface area contributed by atoms with Gasteiger partial charge in [0.2, 0.25) is 11.7 Å². The summed E-state index contributed by atoms with van der Waals surface area (Å²) in [6.45, 7) is 3.20. The lowest BCUT2D eigenvalue weighted by atomic mass is 9.72. The van der Waals surface area contributed by atoms with Crippen LogP contribution in [-0.4, -0.2) is 70.8 Å². The van der Waals surface area contributed by atoms with Crippen molar-refractivity contribution in [3.05, 3.63) is 87.4 Å². The van der Waals surface area contributed by atoms with E-state index in [-0.39, 0.29) is 17.2 Å². The molecule has 10 heteroatoms. The van der Waals surface area contributed by atoms with Crippen LogP contribution < -0.4 is 24.8 Å². The van der Waals surface area contributed by atoms with Crippen LogP contribution in [0.4, 0.5) is 0 Å². The minimum atomic E-state index is -0.537. The van der Waals surface area contributed by atoms with Crippen molar-refractivity contribution in [3.63, 3.8) is 0 Å². The number of halogens is 2. The molecule has 0 aliphatic carbocycles. The van der Waals surface area contributed by atoms with Crippen molar-refractivity contribution in [1.82, 2.24) is 15.5 Å². The average Bonchev–Trinajstić information content (AvgIpc) is 3.52. The minimum Gasteiger partial charge on any atom is -0.493 e. The zero-order valence-corrected chi connectivity index (χ0v) is 27.6. The maximum absolute atomic E-state index is 13.9. The maximum atomic E-state index is 13.9. The summed E-state index contributed by atoms with van der Waals surface area (Å²) in [7, 11) is 4.59. The van der Waals surface area contributed by atoms with Crippen molar-refractivity contribution in [2.45, 2.75) is 42.9 Å². The zero-order chi connectivity index (χ0) is 32.0. The quantitative estimate of drug-likeness (QED) is 0.246. The van der Waals surface area contributed by atoms with Gasteiger partial charge < -0.3 is 29.7 Å². The monoisotopic (exact) mass is 653 g/mol. The standard InChI is InChI=1S/C35H41Cl2N3O5/c1-43-29-20-24(21-30(44-2)31(29)45-3)32(41)40-19-15-34(23-40,26-10-11-27(36)28(37)22-26)12-7-16-39-33(42)35(13-17-38-18-14-35)25-8-5-4-6-9-25/h4-6,8-11,20-22,38H,7,12-19,23H2,1-3H3,(H,39,42). The number of rotatable bonds is 11. The summed E-state index contributed by atoms with van der Waals surface area (Å²) < 4.78 is 16.4. The van der Waals surface area contributed by atoms with E-state index in [1.54, 1.807) is 12.1 Å². The average molecular weight is 655 g/mol. The molecule has 1 atom stereocenters. The van der Waals surface area contributed by atoms with Crippen LogP contribution in [0.5, 0.6) is 17.2 Å². The molecule has 2 aliphatic rings. The number of likely N-dealkylation sites (tertiary alicyclic amines) is 1. The van der Waals surface area contributed by atoms with Gasteiger partial charge >= 0.3 is 0 Å². The van der Waals surface area contributed by atoms with E-state index in [9.17, 15) is 9.59 Å². The number of amides is 2. The van der Waals surface area contributed by atoms with Crippen LogP contribution in [0.3, 0.4) is 0 Å². The van der Waals surface area contributed by atoms with E-state index in [1.807, 2.05) is 41.3 Å². The molecule has 8 nitrogen and oxygen atoms in total. The van der Waals surface area contributed by atoms with Crippen molar-refractivity contribution < 1.29 is 23.8 Å². The van der Waals surface area contributed by atoms with Crippen molar-refractivity contribution in [2.24, 2.45) is 0 Å². The molecule has 0 saturated carbocycles. The van der Waals surface area contributed by atoms with Gasteiger partial charge in [-0.3, -0.25) is 9.59 Å². The molecule has 1 unspecified atom stereocenters. The van der Waals surface area contributed by atoms with E-state index < -0.39 is 5.41 Å². The lowest BCUT2D eigenvalue weighted by Crippen LogP contribution is -2.51. The predicted molar refractivity (Wildman–Crippen MR) is 177 cm³/mol. The summed E-state index contributed by atoms with van der Waals surface area (Å²) in [5.41, 5.74) is 1.65. The summed E-state index contributed by atoms with van der Waals surface area (Å²) >= 11 is 12.8. The highest BCUT2D eigenvalue weighted by Crippen LogP contribution is 2.43. The van der Waals surface area contributed by atoms with Gasteiger partial charge in [-0.05, 0) is 80.6 Å². The van der Waals surface area contributed by atoms with Crippen LogP contribution in [0.15, 0.2) is 60.7 Å². The molecule has 240 valence electrons. The Labute approximate surface area is 275 Å². The molecule has 3 aromatic carbocycles. The van der Waals surface area contributed by atoms with Gasteiger partial charge in [-0.15, -0.1) is 0 Å². The number of hydrogen-bond donors (Lipinski definition) is 2. The van der Waals surface area contributed by atoms with E-state index in [1.165, 1.54) is 21.3 Å². The first kappa shape index (κ1) is 32.9. The molecule has 2 fully saturated rings. The fourth-order valence-corrected chi connectivity index (χ4v) is 7.20. The summed E-state index contributed by atoms with van der Waals surface area (Å²) in [5.74, 6) is 1.23. The van der Waals surface area contributed by atoms with Crippen LogP contribution in [0.2, 0.25) is 10.0 Å². The Balaban J connectivity index is 1.33. The van der Waals surface area contributed by atoms with E-state index >= 15 is 0 Å². The molecule has 0 bridgehead atoms. The first-order valence-electron chi connectivity index (χ1n) is 15.4. The maximum Gasteiger partial charge on any atom is 0.254 e. The molecule has 2 saturated heterocycles. The molecule has 45 heavy (non-hydrogen) atoms. The predicted octanol–water partition coefficient (Wildman–Crippen LogP) is 6.02. The first-order valence-corrected chi connectivity index (χ1v) is 16.1. The molecular formula is C35H41Cl2N3O5. The van der Waals surface area contributed by atoms with Crippen LogP contribution in [0.1, 0.15) is 53.6 Å². The van der Waals surface area contributed by atoms with Gasteiger partial charge in [-0.25, -0.2) is 0 Å². The second-order valence-electron chi connectivity index (χ2n) is 11.9. The number of nitrogens with one attached hydrogen (secondary N) is 2. The molecule has 2 N–H and O–H groups in total. The number of ether oxygens (including phenoxy) is 3. The molecule has 2 heterocycles. The molecule has 0 radical (unpaired) electrons. The Kier molecular flexibility index (Phi) is 10.5.